The van der Waals surface area contributed by atoms with Gasteiger partial charge in [0.15, 0.2) is 0 Å². The Bertz CT molecular complexity index is 252. The SMILES string of the molecule is N#CC1(C(O)C2CCSC2)CCOCC1. The summed E-state index contributed by atoms with van der Waals surface area (Å²) >= 11 is 1.88. The maximum absolute atomic E-state index is 10.3. The van der Waals surface area contributed by atoms with Gasteiger partial charge in [0.1, 0.15) is 0 Å². The van der Waals surface area contributed by atoms with Gasteiger partial charge in [0.25, 0.3) is 0 Å². The van der Waals surface area contributed by atoms with E-state index in [0.717, 1.165) is 17.9 Å². The molecule has 2 unspecified atom stereocenters. The minimum Gasteiger partial charge on any atom is -0.391 e. The third kappa shape index (κ3) is 2.15. The molecule has 84 valence electrons. The second-order valence-corrected chi connectivity index (χ2v) is 5.60. The quantitative estimate of drug-likeness (QED) is 0.775. The van der Waals surface area contributed by atoms with Crippen molar-refractivity contribution in [3.8, 4) is 6.07 Å². The lowest BCUT2D eigenvalue weighted by molar-refractivity contribution is -0.0497. The molecule has 0 spiro atoms. The van der Waals surface area contributed by atoms with Gasteiger partial charge in [-0.3, -0.25) is 0 Å². The van der Waals surface area contributed by atoms with Crippen LogP contribution in [0, 0.1) is 22.7 Å². The molecule has 0 saturated carbocycles. The van der Waals surface area contributed by atoms with Gasteiger partial charge in [-0.1, -0.05) is 0 Å². The lowest BCUT2D eigenvalue weighted by atomic mass is 9.72. The number of hydrogen-bond donors (Lipinski definition) is 1. The summed E-state index contributed by atoms with van der Waals surface area (Å²) in [7, 11) is 0. The van der Waals surface area contributed by atoms with E-state index in [1.54, 1.807) is 0 Å². The van der Waals surface area contributed by atoms with Crippen molar-refractivity contribution >= 4 is 11.8 Å². The average molecular weight is 227 g/mol. The van der Waals surface area contributed by atoms with Crippen molar-refractivity contribution in [2.45, 2.75) is 25.4 Å². The van der Waals surface area contributed by atoms with E-state index in [0.29, 0.717) is 32.0 Å². The van der Waals surface area contributed by atoms with E-state index in [9.17, 15) is 10.4 Å². The Hall–Kier alpha value is -0.240. The highest BCUT2D eigenvalue weighted by atomic mass is 32.2. The molecule has 1 N–H and O–H groups in total. The van der Waals surface area contributed by atoms with Gasteiger partial charge in [-0.25, -0.2) is 0 Å². The zero-order valence-corrected chi connectivity index (χ0v) is 9.63. The largest absolute Gasteiger partial charge is 0.391 e. The fourth-order valence-electron chi connectivity index (χ4n) is 2.46. The summed E-state index contributed by atoms with van der Waals surface area (Å²) in [6.07, 6.45) is 1.97. The Kier molecular flexibility index (Phi) is 3.55. The number of nitrogens with zero attached hydrogens (tertiary/aromatic N) is 1. The molecule has 2 atom stereocenters. The summed E-state index contributed by atoms with van der Waals surface area (Å²) in [5.74, 6) is 2.44. The van der Waals surface area contributed by atoms with E-state index >= 15 is 0 Å². The van der Waals surface area contributed by atoms with Crippen LogP contribution in [0.4, 0.5) is 0 Å². The average Bonchev–Trinajstić information content (AvgIpc) is 2.82. The van der Waals surface area contributed by atoms with E-state index in [-0.39, 0.29) is 0 Å². The van der Waals surface area contributed by atoms with Crippen LogP contribution in [-0.2, 0) is 4.74 Å². The van der Waals surface area contributed by atoms with Crippen LogP contribution in [0.15, 0.2) is 0 Å². The number of hydrogen-bond acceptors (Lipinski definition) is 4. The highest BCUT2D eigenvalue weighted by Crippen LogP contribution is 2.40. The van der Waals surface area contributed by atoms with Crippen molar-refractivity contribution in [2.24, 2.45) is 11.3 Å². The molecular formula is C11H17NO2S. The second kappa shape index (κ2) is 4.73. The molecule has 0 aliphatic carbocycles. The maximum Gasteiger partial charge on any atom is 0.0878 e. The Labute approximate surface area is 94.8 Å². The maximum atomic E-state index is 10.3. The van der Waals surface area contributed by atoms with Crippen LogP contribution >= 0.6 is 11.8 Å². The summed E-state index contributed by atoms with van der Waals surface area (Å²) in [6.45, 7) is 1.23. The zero-order chi connectivity index (χ0) is 10.7. The molecule has 0 radical (unpaired) electrons. The third-order valence-corrected chi connectivity index (χ3v) is 4.77. The van der Waals surface area contributed by atoms with Crippen molar-refractivity contribution in [1.82, 2.24) is 0 Å². The predicted octanol–water partition coefficient (Wildman–Crippen LogP) is 1.42. The standard InChI is InChI=1S/C11H17NO2S/c12-8-11(2-4-14-5-3-11)10(13)9-1-6-15-7-9/h9-10,13H,1-7H2. The Balaban J connectivity index is 2.07. The molecule has 2 rings (SSSR count). The topological polar surface area (TPSA) is 53.2 Å². The van der Waals surface area contributed by atoms with Crippen LogP contribution in [0.25, 0.3) is 0 Å². The first-order chi connectivity index (χ1) is 7.28. The number of ether oxygens (including phenoxy) is 1. The van der Waals surface area contributed by atoms with Gasteiger partial charge in [-0.05, 0) is 36.7 Å². The second-order valence-electron chi connectivity index (χ2n) is 4.45. The molecule has 0 aromatic rings. The normalized spacial score (nSPS) is 32.1. The van der Waals surface area contributed by atoms with E-state index in [2.05, 4.69) is 6.07 Å². The van der Waals surface area contributed by atoms with Gasteiger partial charge in [0.05, 0.1) is 17.6 Å². The lowest BCUT2D eigenvalue weighted by Crippen LogP contribution is -2.43. The molecule has 0 amide bonds. The van der Waals surface area contributed by atoms with Crippen LogP contribution in [0.1, 0.15) is 19.3 Å². The van der Waals surface area contributed by atoms with Crippen molar-refractivity contribution < 1.29 is 9.84 Å². The Morgan fingerprint density at radius 3 is 2.73 bits per heavy atom. The van der Waals surface area contributed by atoms with E-state index in [1.807, 2.05) is 11.8 Å². The van der Waals surface area contributed by atoms with E-state index < -0.39 is 11.5 Å². The van der Waals surface area contributed by atoms with Gasteiger partial charge in [-0.15, -0.1) is 0 Å². The molecule has 2 fully saturated rings. The fraction of sp³-hybridized carbons (Fsp3) is 0.909. The molecule has 0 aromatic carbocycles. The van der Waals surface area contributed by atoms with Crippen LogP contribution in [0.3, 0.4) is 0 Å². The van der Waals surface area contributed by atoms with Gasteiger partial charge in [-0.2, -0.15) is 17.0 Å². The van der Waals surface area contributed by atoms with Crippen molar-refractivity contribution in [1.29, 1.82) is 5.26 Å². The van der Waals surface area contributed by atoms with Crippen LogP contribution in [0.5, 0.6) is 0 Å². The minimum atomic E-state index is -0.534. The molecule has 0 bridgehead atoms. The fourth-order valence-corrected chi connectivity index (χ4v) is 3.75. The van der Waals surface area contributed by atoms with Crippen LogP contribution in [0.2, 0.25) is 0 Å². The Morgan fingerprint density at radius 2 is 2.20 bits per heavy atom. The van der Waals surface area contributed by atoms with Gasteiger partial charge in [0.2, 0.25) is 0 Å². The highest BCUT2D eigenvalue weighted by Gasteiger charge is 2.44. The van der Waals surface area contributed by atoms with Crippen molar-refractivity contribution in [3.05, 3.63) is 0 Å². The van der Waals surface area contributed by atoms with E-state index in [4.69, 9.17) is 4.74 Å². The molecule has 2 aliphatic heterocycles. The number of thioether (sulfide) groups is 1. The smallest absolute Gasteiger partial charge is 0.0878 e. The van der Waals surface area contributed by atoms with Crippen molar-refractivity contribution in [3.63, 3.8) is 0 Å². The number of aliphatic hydroxyl groups excluding tert-OH is 1. The molecular weight excluding hydrogens is 210 g/mol. The van der Waals surface area contributed by atoms with Crippen molar-refractivity contribution in [2.75, 3.05) is 24.7 Å². The predicted molar refractivity (Wildman–Crippen MR) is 59.5 cm³/mol. The summed E-state index contributed by atoms with van der Waals surface area (Å²) in [5, 5.41) is 19.6. The van der Waals surface area contributed by atoms with Gasteiger partial charge >= 0.3 is 0 Å². The first kappa shape index (κ1) is 11.3. The molecule has 3 nitrogen and oxygen atoms in total. The summed E-state index contributed by atoms with van der Waals surface area (Å²) in [6, 6.07) is 2.35. The lowest BCUT2D eigenvalue weighted by Gasteiger charge is -2.37. The number of nitriles is 1. The molecule has 2 aliphatic rings. The van der Waals surface area contributed by atoms with Crippen LogP contribution < -0.4 is 0 Å². The van der Waals surface area contributed by atoms with Gasteiger partial charge in [0, 0.05) is 13.2 Å². The monoisotopic (exact) mass is 227 g/mol. The molecule has 15 heavy (non-hydrogen) atoms. The number of aliphatic hydroxyl groups is 1. The zero-order valence-electron chi connectivity index (χ0n) is 8.82. The summed E-state index contributed by atoms with van der Waals surface area (Å²) in [4.78, 5) is 0. The van der Waals surface area contributed by atoms with Crippen LogP contribution in [-0.4, -0.2) is 35.9 Å². The summed E-state index contributed by atoms with van der Waals surface area (Å²) in [5.41, 5.74) is -0.534. The highest BCUT2D eigenvalue weighted by molar-refractivity contribution is 7.99. The van der Waals surface area contributed by atoms with Gasteiger partial charge < -0.3 is 9.84 Å². The minimum absolute atomic E-state index is 0.313. The molecule has 2 saturated heterocycles. The number of rotatable bonds is 2. The summed E-state index contributed by atoms with van der Waals surface area (Å²) < 4.78 is 5.27. The Morgan fingerprint density at radius 1 is 1.47 bits per heavy atom. The third-order valence-electron chi connectivity index (χ3n) is 3.59. The first-order valence-corrected chi connectivity index (χ1v) is 6.69. The molecule has 4 heteroatoms. The van der Waals surface area contributed by atoms with E-state index in [1.165, 1.54) is 0 Å². The first-order valence-electron chi connectivity index (χ1n) is 5.53. The molecule has 0 aromatic heterocycles. The molecule has 2 heterocycles.